The zero-order valence-corrected chi connectivity index (χ0v) is 14.2. The fraction of sp³-hybridized carbons (Fsp3) is 0.200. The molecule has 0 fully saturated rings. The Labute approximate surface area is 135 Å². The van der Waals surface area contributed by atoms with Crippen LogP contribution in [0.3, 0.4) is 0 Å². The Morgan fingerprint density at radius 3 is 2.10 bits per heavy atom. The Hall–Kier alpha value is -1.23. The van der Waals surface area contributed by atoms with E-state index in [1.54, 1.807) is 44.2 Å². The lowest BCUT2D eigenvalue weighted by Gasteiger charge is -2.12. The summed E-state index contributed by atoms with van der Waals surface area (Å²) in [6, 6.07) is 8.24. The quantitative estimate of drug-likeness (QED) is 0.876. The van der Waals surface area contributed by atoms with E-state index in [9.17, 15) is 8.42 Å². The van der Waals surface area contributed by atoms with Crippen molar-refractivity contribution in [3.8, 4) is 0 Å². The van der Waals surface area contributed by atoms with Crippen LogP contribution in [0.5, 0.6) is 0 Å². The molecule has 0 bridgehead atoms. The highest BCUT2D eigenvalue weighted by Crippen LogP contribution is 2.27. The van der Waals surface area contributed by atoms with Crippen molar-refractivity contribution >= 4 is 38.9 Å². The SMILES string of the molecule is Cc1ccc(NS(=O)(=O)c2cc(C)c(Cl)cc2C)cc1Cl. The van der Waals surface area contributed by atoms with Gasteiger partial charge in [0.15, 0.2) is 0 Å². The number of aryl methyl sites for hydroxylation is 3. The molecule has 0 saturated heterocycles. The molecule has 0 unspecified atom stereocenters. The van der Waals surface area contributed by atoms with Gasteiger partial charge in [-0.05, 0) is 61.7 Å². The number of nitrogens with one attached hydrogen (secondary N) is 1. The smallest absolute Gasteiger partial charge is 0.262 e. The standard InChI is InChI=1S/C15H15Cl2NO2S/c1-9-4-5-12(8-14(9)17)18-21(19,20)15-7-10(2)13(16)6-11(15)3/h4-8,18H,1-3H3. The Morgan fingerprint density at radius 2 is 1.48 bits per heavy atom. The summed E-state index contributed by atoms with van der Waals surface area (Å²) in [5.41, 5.74) is 2.62. The van der Waals surface area contributed by atoms with Gasteiger partial charge in [0.1, 0.15) is 0 Å². The molecular formula is C15H15Cl2NO2S. The molecule has 0 heterocycles. The Bertz CT molecular complexity index is 802. The molecule has 0 aliphatic carbocycles. The number of anilines is 1. The van der Waals surface area contributed by atoms with Crippen molar-refractivity contribution in [3.63, 3.8) is 0 Å². The maximum Gasteiger partial charge on any atom is 0.262 e. The van der Waals surface area contributed by atoms with Crippen LogP contribution in [-0.2, 0) is 10.0 Å². The van der Waals surface area contributed by atoms with Gasteiger partial charge in [-0.25, -0.2) is 8.42 Å². The monoisotopic (exact) mass is 343 g/mol. The summed E-state index contributed by atoms with van der Waals surface area (Å²) < 4.78 is 27.5. The average molecular weight is 344 g/mol. The second-order valence-electron chi connectivity index (χ2n) is 4.94. The van der Waals surface area contributed by atoms with Gasteiger partial charge in [0.05, 0.1) is 10.6 Å². The van der Waals surface area contributed by atoms with Gasteiger partial charge < -0.3 is 0 Å². The molecule has 2 rings (SSSR count). The third-order valence-electron chi connectivity index (χ3n) is 3.17. The summed E-state index contributed by atoms with van der Waals surface area (Å²) in [6.07, 6.45) is 0. The first kappa shape index (κ1) is 16.1. The van der Waals surface area contributed by atoms with Crippen molar-refractivity contribution in [2.75, 3.05) is 4.72 Å². The first-order valence-corrected chi connectivity index (χ1v) is 8.50. The molecule has 0 aromatic heterocycles. The van der Waals surface area contributed by atoms with Crippen LogP contribution in [0.1, 0.15) is 16.7 Å². The first-order valence-electron chi connectivity index (χ1n) is 6.26. The van der Waals surface area contributed by atoms with Crippen LogP contribution < -0.4 is 4.72 Å². The van der Waals surface area contributed by atoms with E-state index in [0.717, 1.165) is 5.56 Å². The van der Waals surface area contributed by atoms with Crippen LogP contribution in [0.4, 0.5) is 5.69 Å². The largest absolute Gasteiger partial charge is 0.280 e. The minimum atomic E-state index is -3.68. The van der Waals surface area contributed by atoms with Crippen LogP contribution in [-0.4, -0.2) is 8.42 Å². The average Bonchev–Trinajstić information content (AvgIpc) is 2.37. The molecule has 0 atom stereocenters. The molecule has 2 aromatic rings. The van der Waals surface area contributed by atoms with Crippen LogP contribution in [0.2, 0.25) is 10.0 Å². The Balaban J connectivity index is 2.43. The Morgan fingerprint density at radius 1 is 0.857 bits per heavy atom. The van der Waals surface area contributed by atoms with Gasteiger partial charge in [-0.1, -0.05) is 29.3 Å². The first-order chi connectivity index (χ1) is 9.70. The number of benzene rings is 2. The highest BCUT2D eigenvalue weighted by atomic mass is 35.5. The zero-order chi connectivity index (χ0) is 15.8. The lowest BCUT2D eigenvalue weighted by atomic mass is 10.2. The van der Waals surface area contributed by atoms with Crippen molar-refractivity contribution in [1.29, 1.82) is 0 Å². The number of sulfonamides is 1. The Kier molecular flexibility index (Phi) is 4.51. The van der Waals surface area contributed by atoms with Crippen LogP contribution >= 0.6 is 23.2 Å². The summed E-state index contributed by atoms with van der Waals surface area (Å²) in [7, 11) is -3.68. The van der Waals surface area contributed by atoms with Crippen molar-refractivity contribution in [2.24, 2.45) is 0 Å². The molecule has 2 aromatic carbocycles. The maximum absolute atomic E-state index is 12.5. The lowest BCUT2D eigenvalue weighted by molar-refractivity contribution is 0.600. The summed E-state index contributed by atoms with van der Waals surface area (Å²) in [4.78, 5) is 0.209. The van der Waals surface area contributed by atoms with Gasteiger partial charge in [0.25, 0.3) is 10.0 Å². The van der Waals surface area contributed by atoms with E-state index >= 15 is 0 Å². The molecular weight excluding hydrogens is 329 g/mol. The molecule has 3 nitrogen and oxygen atoms in total. The molecule has 0 amide bonds. The molecule has 0 aliphatic heterocycles. The highest BCUT2D eigenvalue weighted by Gasteiger charge is 2.18. The van der Waals surface area contributed by atoms with E-state index in [1.165, 1.54) is 0 Å². The molecule has 0 spiro atoms. The second-order valence-corrected chi connectivity index (χ2v) is 7.40. The second kappa shape index (κ2) is 5.87. The van der Waals surface area contributed by atoms with Gasteiger partial charge in [-0.15, -0.1) is 0 Å². The summed E-state index contributed by atoms with van der Waals surface area (Å²) in [5.74, 6) is 0. The minimum Gasteiger partial charge on any atom is -0.280 e. The molecule has 0 radical (unpaired) electrons. The van der Waals surface area contributed by atoms with E-state index in [4.69, 9.17) is 23.2 Å². The van der Waals surface area contributed by atoms with Crippen LogP contribution in [0.25, 0.3) is 0 Å². The number of hydrogen-bond acceptors (Lipinski definition) is 2. The molecule has 0 saturated carbocycles. The molecule has 112 valence electrons. The molecule has 0 aliphatic rings. The fourth-order valence-corrected chi connectivity index (χ4v) is 3.67. The zero-order valence-electron chi connectivity index (χ0n) is 11.9. The third kappa shape index (κ3) is 3.51. The van der Waals surface area contributed by atoms with E-state index in [0.29, 0.717) is 26.9 Å². The van der Waals surface area contributed by atoms with Crippen LogP contribution in [0, 0.1) is 20.8 Å². The predicted octanol–water partition coefficient (Wildman–Crippen LogP) is 4.72. The van der Waals surface area contributed by atoms with Gasteiger partial charge in [-0.2, -0.15) is 0 Å². The van der Waals surface area contributed by atoms with E-state index in [2.05, 4.69) is 4.72 Å². The van der Waals surface area contributed by atoms with Gasteiger partial charge in [-0.3, -0.25) is 4.72 Å². The predicted molar refractivity (Wildman–Crippen MR) is 87.9 cm³/mol. The van der Waals surface area contributed by atoms with Crippen LogP contribution in [0.15, 0.2) is 35.2 Å². The number of rotatable bonds is 3. The number of hydrogen-bond donors (Lipinski definition) is 1. The topological polar surface area (TPSA) is 46.2 Å². The molecule has 21 heavy (non-hydrogen) atoms. The number of halogens is 2. The fourth-order valence-electron chi connectivity index (χ4n) is 1.91. The van der Waals surface area contributed by atoms with E-state index in [1.807, 2.05) is 6.92 Å². The normalized spacial score (nSPS) is 11.5. The van der Waals surface area contributed by atoms with Crippen molar-refractivity contribution in [3.05, 3.63) is 57.1 Å². The molecule has 6 heteroatoms. The van der Waals surface area contributed by atoms with Gasteiger partial charge in [0, 0.05) is 10.0 Å². The van der Waals surface area contributed by atoms with Crippen molar-refractivity contribution < 1.29 is 8.42 Å². The van der Waals surface area contributed by atoms with Gasteiger partial charge in [0.2, 0.25) is 0 Å². The highest BCUT2D eigenvalue weighted by molar-refractivity contribution is 7.92. The van der Waals surface area contributed by atoms with Gasteiger partial charge >= 0.3 is 0 Å². The van der Waals surface area contributed by atoms with Crippen molar-refractivity contribution in [2.45, 2.75) is 25.7 Å². The summed E-state index contributed by atoms with van der Waals surface area (Å²) in [5, 5.41) is 1.06. The minimum absolute atomic E-state index is 0.209. The summed E-state index contributed by atoms with van der Waals surface area (Å²) >= 11 is 12.0. The van der Waals surface area contributed by atoms with Crippen molar-refractivity contribution in [1.82, 2.24) is 0 Å². The van der Waals surface area contributed by atoms with E-state index in [-0.39, 0.29) is 4.90 Å². The lowest BCUT2D eigenvalue weighted by Crippen LogP contribution is -2.14. The molecule has 1 N–H and O–H groups in total. The van der Waals surface area contributed by atoms with E-state index < -0.39 is 10.0 Å². The third-order valence-corrected chi connectivity index (χ3v) is 5.51. The maximum atomic E-state index is 12.5. The summed E-state index contributed by atoms with van der Waals surface area (Å²) in [6.45, 7) is 5.33.